The average molecular weight is 317 g/mol. The Balaban J connectivity index is 1.64. The van der Waals surface area contributed by atoms with Crippen LogP contribution >= 0.6 is 0 Å². The average Bonchev–Trinajstić information content (AvgIpc) is 2.64. The van der Waals surface area contributed by atoms with Gasteiger partial charge in [-0.3, -0.25) is 4.79 Å². The molecule has 120 valence electrons. The normalized spacial score (nSPS) is 11.5. The monoisotopic (exact) mass is 317 g/mol. The second-order valence-corrected chi connectivity index (χ2v) is 5.53. The summed E-state index contributed by atoms with van der Waals surface area (Å²) in [5.74, 6) is -0.219. The molecule has 1 atom stereocenters. The number of amides is 1. The van der Waals surface area contributed by atoms with E-state index in [1.54, 1.807) is 12.3 Å². The van der Waals surface area contributed by atoms with Crippen LogP contribution < -0.4 is 10.6 Å². The molecule has 0 aliphatic carbocycles. The summed E-state index contributed by atoms with van der Waals surface area (Å²) in [6.07, 6.45) is 1.68. The molecule has 0 radical (unpaired) electrons. The van der Waals surface area contributed by atoms with Crippen molar-refractivity contribution in [1.29, 1.82) is 0 Å². The standard InChI is InChI=1S/C20H19N3O/c1-15(16-8-4-2-5-9-16)22-18-12-13-19(21-14-18)20(24)23-17-10-6-3-7-11-17/h2-15,22H,1H3,(H,23,24). The van der Waals surface area contributed by atoms with E-state index in [9.17, 15) is 4.79 Å². The Labute approximate surface area is 141 Å². The summed E-state index contributed by atoms with van der Waals surface area (Å²) >= 11 is 0. The highest BCUT2D eigenvalue weighted by atomic mass is 16.1. The van der Waals surface area contributed by atoms with E-state index < -0.39 is 0 Å². The number of aromatic nitrogens is 1. The third kappa shape index (κ3) is 3.98. The molecule has 2 aromatic carbocycles. The van der Waals surface area contributed by atoms with Gasteiger partial charge in [0.1, 0.15) is 5.69 Å². The lowest BCUT2D eigenvalue weighted by Gasteiger charge is -2.15. The van der Waals surface area contributed by atoms with Crippen LogP contribution in [0.25, 0.3) is 0 Å². The van der Waals surface area contributed by atoms with Gasteiger partial charge in [0.2, 0.25) is 0 Å². The number of anilines is 2. The highest BCUT2D eigenvalue weighted by Gasteiger charge is 2.09. The lowest BCUT2D eigenvalue weighted by molar-refractivity contribution is 0.102. The molecule has 0 aliphatic rings. The number of hydrogen-bond acceptors (Lipinski definition) is 3. The van der Waals surface area contributed by atoms with Crippen LogP contribution in [0, 0.1) is 0 Å². The van der Waals surface area contributed by atoms with Crippen molar-refractivity contribution >= 4 is 17.3 Å². The molecule has 1 heterocycles. The van der Waals surface area contributed by atoms with Crippen molar-refractivity contribution in [3.05, 3.63) is 90.3 Å². The largest absolute Gasteiger partial charge is 0.377 e. The second-order valence-electron chi connectivity index (χ2n) is 5.53. The number of nitrogens with one attached hydrogen (secondary N) is 2. The third-order valence-electron chi connectivity index (χ3n) is 3.71. The van der Waals surface area contributed by atoms with Gasteiger partial charge in [0, 0.05) is 11.7 Å². The van der Waals surface area contributed by atoms with Crippen molar-refractivity contribution in [2.75, 3.05) is 10.6 Å². The van der Waals surface area contributed by atoms with Gasteiger partial charge in [-0.25, -0.2) is 4.98 Å². The van der Waals surface area contributed by atoms with Crippen LogP contribution in [-0.4, -0.2) is 10.9 Å². The lowest BCUT2D eigenvalue weighted by atomic mass is 10.1. The SMILES string of the molecule is CC(Nc1ccc(C(=O)Nc2ccccc2)nc1)c1ccccc1. The number of benzene rings is 2. The first-order valence-corrected chi connectivity index (χ1v) is 7.86. The maximum Gasteiger partial charge on any atom is 0.274 e. The van der Waals surface area contributed by atoms with Crippen LogP contribution in [0.2, 0.25) is 0 Å². The molecule has 2 N–H and O–H groups in total. The predicted molar refractivity (Wildman–Crippen MR) is 97.1 cm³/mol. The van der Waals surface area contributed by atoms with Crippen LogP contribution in [0.15, 0.2) is 79.0 Å². The summed E-state index contributed by atoms with van der Waals surface area (Å²) in [5.41, 5.74) is 3.21. The molecule has 3 rings (SSSR count). The van der Waals surface area contributed by atoms with Crippen molar-refractivity contribution in [3.63, 3.8) is 0 Å². The van der Waals surface area contributed by atoms with Gasteiger partial charge in [-0.1, -0.05) is 48.5 Å². The molecule has 0 aliphatic heterocycles. The maximum absolute atomic E-state index is 12.2. The zero-order valence-corrected chi connectivity index (χ0v) is 13.4. The number of carbonyl (C=O) groups excluding carboxylic acids is 1. The van der Waals surface area contributed by atoms with E-state index in [2.05, 4.69) is 34.7 Å². The Morgan fingerprint density at radius 3 is 2.17 bits per heavy atom. The van der Waals surface area contributed by atoms with Gasteiger partial charge < -0.3 is 10.6 Å². The summed E-state index contributed by atoms with van der Waals surface area (Å²) in [4.78, 5) is 16.4. The topological polar surface area (TPSA) is 54.0 Å². The van der Waals surface area contributed by atoms with Gasteiger partial charge in [0.05, 0.1) is 11.9 Å². The van der Waals surface area contributed by atoms with Crippen LogP contribution in [0.5, 0.6) is 0 Å². The zero-order chi connectivity index (χ0) is 16.8. The molecular weight excluding hydrogens is 298 g/mol. The van der Waals surface area contributed by atoms with Crippen LogP contribution in [-0.2, 0) is 0 Å². The van der Waals surface area contributed by atoms with E-state index in [1.807, 2.05) is 54.6 Å². The molecule has 0 spiro atoms. The van der Waals surface area contributed by atoms with E-state index in [0.29, 0.717) is 5.69 Å². The van der Waals surface area contributed by atoms with Gasteiger partial charge in [-0.2, -0.15) is 0 Å². The Bertz CT molecular complexity index is 786. The molecule has 0 saturated heterocycles. The van der Waals surface area contributed by atoms with Gasteiger partial charge in [0.15, 0.2) is 0 Å². The molecule has 24 heavy (non-hydrogen) atoms. The first-order valence-electron chi connectivity index (χ1n) is 7.86. The van der Waals surface area contributed by atoms with E-state index in [0.717, 1.165) is 11.4 Å². The number of nitrogens with zero attached hydrogens (tertiary/aromatic N) is 1. The summed E-state index contributed by atoms with van der Waals surface area (Å²) in [6, 6.07) is 23.3. The first kappa shape index (κ1) is 15.7. The van der Waals surface area contributed by atoms with E-state index in [-0.39, 0.29) is 11.9 Å². The van der Waals surface area contributed by atoms with E-state index in [4.69, 9.17) is 0 Å². The minimum atomic E-state index is -0.219. The first-order chi connectivity index (χ1) is 11.7. The van der Waals surface area contributed by atoms with E-state index in [1.165, 1.54) is 5.56 Å². The highest BCUT2D eigenvalue weighted by molar-refractivity contribution is 6.02. The quantitative estimate of drug-likeness (QED) is 0.728. The molecule has 0 fully saturated rings. The fourth-order valence-corrected chi connectivity index (χ4v) is 2.41. The fourth-order valence-electron chi connectivity index (χ4n) is 2.41. The van der Waals surface area contributed by atoms with Gasteiger partial charge in [-0.15, -0.1) is 0 Å². The second kappa shape index (κ2) is 7.42. The smallest absolute Gasteiger partial charge is 0.274 e. The number of para-hydroxylation sites is 1. The molecule has 4 nitrogen and oxygen atoms in total. The minimum Gasteiger partial charge on any atom is -0.377 e. The molecule has 0 saturated carbocycles. The summed E-state index contributed by atoms with van der Waals surface area (Å²) in [5, 5.41) is 6.20. The fraction of sp³-hybridized carbons (Fsp3) is 0.100. The molecule has 1 unspecified atom stereocenters. The Hall–Kier alpha value is -3.14. The highest BCUT2D eigenvalue weighted by Crippen LogP contribution is 2.18. The Morgan fingerprint density at radius 2 is 1.54 bits per heavy atom. The summed E-state index contributed by atoms with van der Waals surface area (Å²) in [7, 11) is 0. The van der Waals surface area contributed by atoms with Crippen LogP contribution in [0.4, 0.5) is 11.4 Å². The van der Waals surface area contributed by atoms with Gasteiger partial charge in [-0.05, 0) is 36.8 Å². The Morgan fingerprint density at radius 1 is 0.875 bits per heavy atom. The number of rotatable bonds is 5. The van der Waals surface area contributed by atoms with Crippen molar-refractivity contribution in [3.8, 4) is 0 Å². The molecule has 0 bridgehead atoms. The number of pyridine rings is 1. The molecule has 1 amide bonds. The van der Waals surface area contributed by atoms with Crippen molar-refractivity contribution < 1.29 is 4.79 Å². The summed E-state index contributed by atoms with van der Waals surface area (Å²) in [6.45, 7) is 2.09. The Kier molecular flexibility index (Phi) is 4.87. The minimum absolute atomic E-state index is 0.164. The zero-order valence-electron chi connectivity index (χ0n) is 13.4. The van der Waals surface area contributed by atoms with Crippen molar-refractivity contribution in [2.24, 2.45) is 0 Å². The van der Waals surface area contributed by atoms with E-state index >= 15 is 0 Å². The third-order valence-corrected chi connectivity index (χ3v) is 3.71. The molecular formula is C20H19N3O. The van der Waals surface area contributed by atoms with Gasteiger partial charge in [0.25, 0.3) is 5.91 Å². The van der Waals surface area contributed by atoms with Gasteiger partial charge >= 0.3 is 0 Å². The van der Waals surface area contributed by atoms with Crippen molar-refractivity contribution in [1.82, 2.24) is 4.98 Å². The number of hydrogen-bond donors (Lipinski definition) is 2. The lowest BCUT2D eigenvalue weighted by Crippen LogP contribution is -2.14. The summed E-state index contributed by atoms with van der Waals surface area (Å²) < 4.78 is 0. The van der Waals surface area contributed by atoms with Crippen molar-refractivity contribution in [2.45, 2.75) is 13.0 Å². The molecule has 1 aromatic heterocycles. The predicted octanol–water partition coefficient (Wildman–Crippen LogP) is 4.51. The molecule has 3 aromatic rings. The molecule has 4 heteroatoms. The van der Waals surface area contributed by atoms with Crippen LogP contribution in [0.3, 0.4) is 0 Å². The van der Waals surface area contributed by atoms with Crippen LogP contribution in [0.1, 0.15) is 29.0 Å². The maximum atomic E-state index is 12.2. The number of carbonyl (C=O) groups is 1.